The van der Waals surface area contributed by atoms with Crippen molar-refractivity contribution in [3.63, 3.8) is 0 Å². The molecule has 4 rings (SSSR count). The van der Waals surface area contributed by atoms with Crippen LogP contribution in [0.4, 0.5) is 11.8 Å². The van der Waals surface area contributed by atoms with Crippen LogP contribution in [0.5, 0.6) is 0 Å². The second-order valence-electron chi connectivity index (χ2n) is 6.34. The van der Waals surface area contributed by atoms with Gasteiger partial charge in [0.1, 0.15) is 5.82 Å². The van der Waals surface area contributed by atoms with Crippen LogP contribution in [-0.2, 0) is 6.54 Å². The number of nitrogens with zero attached hydrogens (tertiary/aromatic N) is 6. The summed E-state index contributed by atoms with van der Waals surface area (Å²) in [5.74, 6) is 2.45. The van der Waals surface area contributed by atoms with Crippen LogP contribution in [0, 0.1) is 0 Å². The first-order valence-corrected chi connectivity index (χ1v) is 8.54. The number of aromatic nitrogens is 4. The van der Waals surface area contributed by atoms with Crippen molar-refractivity contribution in [3.8, 4) is 11.4 Å². The minimum Gasteiger partial charge on any atom is -0.391 e. The summed E-state index contributed by atoms with van der Waals surface area (Å²) in [6.07, 6.45) is 2.20. The predicted octanol–water partition coefficient (Wildman–Crippen LogP) is 1.73. The minimum atomic E-state index is -0.291. The molecule has 3 heterocycles. The third-order valence-electron chi connectivity index (χ3n) is 4.33. The maximum absolute atomic E-state index is 9.71. The smallest absolute Gasteiger partial charge is 0.246 e. The third-order valence-corrected chi connectivity index (χ3v) is 4.33. The number of anilines is 2. The standard InChI is InChI=1S/C18H20N6O2/c1-23(12-16-21-17(22-26-16)13-5-3-2-4-6-13)18-19-9-7-15(20-18)24-10-8-14(25)11-24/h2-7,9,14,25H,8,10-12H2,1H3. The lowest BCUT2D eigenvalue weighted by Crippen LogP contribution is -2.24. The molecule has 1 saturated heterocycles. The predicted molar refractivity (Wildman–Crippen MR) is 96.7 cm³/mol. The first-order valence-electron chi connectivity index (χ1n) is 8.54. The van der Waals surface area contributed by atoms with Crippen molar-refractivity contribution in [2.24, 2.45) is 0 Å². The number of hydrogen-bond acceptors (Lipinski definition) is 8. The van der Waals surface area contributed by atoms with E-state index in [0.717, 1.165) is 24.3 Å². The van der Waals surface area contributed by atoms with Crippen LogP contribution in [-0.4, -0.2) is 51.5 Å². The second-order valence-corrected chi connectivity index (χ2v) is 6.34. The molecule has 8 nitrogen and oxygen atoms in total. The summed E-state index contributed by atoms with van der Waals surface area (Å²) in [5, 5.41) is 13.7. The van der Waals surface area contributed by atoms with Crippen molar-refractivity contribution in [3.05, 3.63) is 48.5 Å². The van der Waals surface area contributed by atoms with Crippen molar-refractivity contribution in [2.75, 3.05) is 29.9 Å². The fraction of sp³-hybridized carbons (Fsp3) is 0.333. The number of aliphatic hydroxyl groups excluding tert-OH is 1. The monoisotopic (exact) mass is 352 g/mol. The topological polar surface area (TPSA) is 91.4 Å². The van der Waals surface area contributed by atoms with E-state index in [2.05, 4.69) is 25.0 Å². The van der Waals surface area contributed by atoms with Crippen LogP contribution in [0.2, 0.25) is 0 Å². The number of benzene rings is 1. The molecule has 0 aliphatic carbocycles. The summed E-state index contributed by atoms with van der Waals surface area (Å²) >= 11 is 0. The molecule has 2 aromatic heterocycles. The molecule has 0 amide bonds. The average molecular weight is 352 g/mol. The molecule has 1 aliphatic heterocycles. The Morgan fingerprint density at radius 3 is 2.85 bits per heavy atom. The van der Waals surface area contributed by atoms with E-state index in [1.807, 2.05) is 48.3 Å². The van der Waals surface area contributed by atoms with Crippen LogP contribution in [0.1, 0.15) is 12.3 Å². The molecule has 1 unspecified atom stereocenters. The lowest BCUT2D eigenvalue weighted by Gasteiger charge is -2.19. The van der Waals surface area contributed by atoms with Gasteiger partial charge in [0.2, 0.25) is 17.7 Å². The Morgan fingerprint density at radius 2 is 2.08 bits per heavy atom. The summed E-state index contributed by atoms with van der Waals surface area (Å²) in [6, 6.07) is 11.6. The minimum absolute atomic E-state index is 0.291. The molecule has 3 aromatic rings. The molecular formula is C18H20N6O2. The summed E-state index contributed by atoms with van der Waals surface area (Å²) in [5.41, 5.74) is 0.913. The van der Waals surface area contributed by atoms with E-state index >= 15 is 0 Å². The summed E-state index contributed by atoms with van der Waals surface area (Å²) < 4.78 is 5.35. The van der Waals surface area contributed by atoms with Crippen molar-refractivity contribution < 1.29 is 9.63 Å². The zero-order valence-electron chi connectivity index (χ0n) is 14.5. The van der Waals surface area contributed by atoms with Gasteiger partial charge in [0, 0.05) is 31.9 Å². The van der Waals surface area contributed by atoms with Crippen LogP contribution in [0.15, 0.2) is 47.1 Å². The Morgan fingerprint density at radius 1 is 1.23 bits per heavy atom. The van der Waals surface area contributed by atoms with Crippen LogP contribution in [0.25, 0.3) is 11.4 Å². The Balaban J connectivity index is 1.47. The Bertz CT molecular complexity index is 869. The van der Waals surface area contributed by atoms with E-state index in [4.69, 9.17) is 4.52 Å². The van der Waals surface area contributed by atoms with Crippen molar-refractivity contribution in [2.45, 2.75) is 19.1 Å². The largest absolute Gasteiger partial charge is 0.391 e. The van der Waals surface area contributed by atoms with Gasteiger partial charge >= 0.3 is 0 Å². The van der Waals surface area contributed by atoms with Gasteiger partial charge in [0.25, 0.3) is 0 Å². The quantitative estimate of drug-likeness (QED) is 0.742. The Labute approximate surface area is 151 Å². The number of rotatable bonds is 5. The highest BCUT2D eigenvalue weighted by molar-refractivity contribution is 5.53. The second kappa shape index (κ2) is 7.09. The van der Waals surface area contributed by atoms with Gasteiger partial charge < -0.3 is 19.4 Å². The average Bonchev–Trinajstić information content (AvgIpc) is 3.32. The molecule has 1 fully saturated rings. The Hall–Kier alpha value is -3.00. The first-order chi connectivity index (χ1) is 12.7. The molecular weight excluding hydrogens is 332 g/mol. The summed E-state index contributed by atoms with van der Waals surface area (Å²) in [4.78, 5) is 17.3. The fourth-order valence-electron chi connectivity index (χ4n) is 2.95. The zero-order valence-corrected chi connectivity index (χ0v) is 14.5. The summed E-state index contributed by atoms with van der Waals surface area (Å²) in [7, 11) is 1.88. The zero-order chi connectivity index (χ0) is 17.9. The third kappa shape index (κ3) is 3.50. The molecule has 0 radical (unpaired) electrons. The molecule has 26 heavy (non-hydrogen) atoms. The number of hydrogen-bond donors (Lipinski definition) is 1. The highest BCUT2D eigenvalue weighted by Gasteiger charge is 2.22. The van der Waals surface area contributed by atoms with Gasteiger partial charge in [-0.15, -0.1) is 0 Å². The van der Waals surface area contributed by atoms with Gasteiger partial charge in [-0.2, -0.15) is 9.97 Å². The molecule has 1 aliphatic rings. The van der Waals surface area contributed by atoms with Crippen molar-refractivity contribution >= 4 is 11.8 Å². The SMILES string of the molecule is CN(Cc1nc(-c2ccccc2)no1)c1nccc(N2CCC(O)C2)n1. The molecule has 1 atom stereocenters. The number of β-amino-alcohol motifs (C(OH)–C–C–N with tert-alkyl or cyclic N) is 1. The Kier molecular flexibility index (Phi) is 4.49. The van der Waals surface area contributed by atoms with Gasteiger partial charge in [-0.3, -0.25) is 0 Å². The fourth-order valence-corrected chi connectivity index (χ4v) is 2.95. The highest BCUT2D eigenvalue weighted by Crippen LogP contribution is 2.21. The molecule has 8 heteroatoms. The normalized spacial score (nSPS) is 16.8. The molecule has 0 spiro atoms. The van der Waals surface area contributed by atoms with Gasteiger partial charge in [0.15, 0.2) is 0 Å². The summed E-state index contributed by atoms with van der Waals surface area (Å²) in [6.45, 7) is 1.81. The lowest BCUT2D eigenvalue weighted by atomic mass is 10.2. The maximum atomic E-state index is 9.71. The molecule has 0 bridgehead atoms. The van der Waals surface area contributed by atoms with E-state index in [9.17, 15) is 5.11 Å². The highest BCUT2D eigenvalue weighted by atomic mass is 16.5. The number of aliphatic hydroxyl groups is 1. The molecule has 0 saturated carbocycles. The van der Waals surface area contributed by atoms with Gasteiger partial charge in [-0.1, -0.05) is 35.5 Å². The van der Waals surface area contributed by atoms with E-state index in [1.165, 1.54) is 0 Å². The van der Waals surface area contributed by atoms with Crippen LogP contribution in [0.3, 0.4) is 0 Å². The lowest BCUT2D eigenvalue weighted by molar-refractivity contribution is 0.198. The van der Waals surface area contributed by atoms with Crippen molar-refractivity contribution in [1.82, 2.24) is 20.1 Å². The molecule has 1 aromatic carbocycles. The van der Waals surface area contributed by atoms with E-state index < -0.39 is 0 Å². The van der Waals surface area contributed by atoms with E-state index in [-0.39, 0.29) is 6.10 Å². The van der Waals surface area contributed by atoms with Gasteiger partial charge in [0.05, 0.1) is 12.6 Å². The van der Waals surface area contributed by atoms with E-state index in [0.29, 0.717) is 30.8 Å². The maximum Gasteiger partial charge on any atom is 0.246 e. The van der Waals surface area contributed by atoms with Crippen LogP contribution < -0.4 is 9.80 Å². The van der Waals surface area contributed by atoms with Crippen LogP contribution >= 0.6 is 0 Å². The first kappa shape index (κ1) is 16.5. The van der Waals surface area contributed by atoms with Gasteiger partial charge in [-0.25, -0.2) is 4.98 Å². The van der Waals surface area contributed by atoms with E-state index in [1.54, 1.807) is 6.20 Å². The van der Waals surface area contributed by atoms with Gasteiger partial charge in [-0.05, 0) is 12.5 Å². The molecule has 1 N–H and O–H groups in total. The molecule has 134 valence electrons. The van der Waals surface area contributed by atoms with Crippen molar-refractivity contribution in [1.29, 1.82) is 0 Å².